The van der Waals surface area contributed by atoms with Crippen LogP contribution in [0.4, 0.5) is 0 Å². The third-order valence-corrected chi connectivity index (χ3v) is 4.39. The summed E-state index contributed by atoms with van der Waals surface area (Å²) in [5.41, 5.74) is 1.20. The summed E-state index contributed by atoms with van der Waals surface area (Å²) in [5.74, 6) is 0. The van der Waals surface area contributed by atoms with Crippen LogP contribution in [-0.2, 0) is 0 Å². The van der Waals surface area contributed by atoms with Crippen LogP contribution < -0.4 is 5.32 Å². The standard InChI is InChI=1S/C13H23N3S/c1-4-16-7-5-12(6-8-16)14-10(2)13-9-17-11(3)15-13/h9-10,12,14H,4-8H2,1-3H3. The van der Waals surface area contributed by atoms with Gasteiger partial charge in [-0.25, -0.2) is 4.98 Å². The fourth-order valence-electron chi connectivity index (χ4n) is 2.43. The highest BCUT2D eigenvalue weighted by atomic mass is 32.1. The van der Waals surface area contributed by atoms with Crippen LogP contribution in [0.5, 0.6) is 0 Å². The maximum Gasteiger partial charge on any atom is 0.0898 e. The molecule has 0 bridgehead atoms. The summed E-state index contributed by atoms with van der Waals surface area (Å²) in [6.07, 6.45) is 2.53. The molecule has 0 saturated carbocycles. The average molecular weight is 253 g/mol. The Morgan fingerprint density at radius 2 is 2.24 bits per heavy atom. The van der Waals surface area contributed by atoms with E-state index < -0.39 is 0 Å². The van der Waals surface area contributed by atoms with Gasteiger partial charge in [0.05, 0.1) is 10.7 Å². The SMILES string of the molecule is CCN1CCC(NC(C)c2csc(C)n2)CC1. The second kappa shape index (κ2) is 5.94. The molecule has 2 rings (SSSR count). The molecule has 1 N–H and O–H groups in total. The van der Waals surface area contributed by atoms with E-state index in [-0.39, 0.29) is 0 Å². The number of aryl methyl sites for hydroxylation is 1. The predicted molar refractivity (Wildman–Crippen MR) is 73.5 cm³/mol. The van der Waals surface area contributed by atoms with Crippen molar-refractivity contribution in [2.75, 3.05) is 19.6 Å². The van der Waals surface area contributed by atoms with E-state index in [4.69, 9.17) is 0 Å². The number of piperidine rings is 1. The molecule has 1 aliphatic rings. The van der Waals surface area contributed by atoms with Gasteiger partial charge >= 0.3 is 0 Å². The van der Waals surface area contributed by atoms with Crippen molar-refractivity contribution in [1.82, 2.24) is 15.2 Å². The summed E-state index contributed by atoms with van der Waals surface area (Å²) >= 11 is 1.74. The Morgan fingerprint density at radius 3 is 2.76 bits per heavy atom. The molecular weight excluding hydrogens is 230 g/mol. The lowest BCUT2D eigenvalue weighted by atomic mass is 10.0. The second-order valence-electron chi connectivity index (χ2n) is 4.89. The van der Waals surface area contributed by atoms with Gasteiger partial charge in [0.15, 0.2) is 0 Å². The minimum absolute atomic E-state index is 0.387. The first-order valence-electron chi connectivity index (χ1n) is 6.59. The number of thiazole rings is 1. The molecule has 17 heavy (non-hydrogen) atoms. The van der Waals surface area contributed by atoms with Crippen molar-refractivity contribution >= 4 is 11.3 Å². The highest BCUT2D eigenvalue weighted by molar-refractivity contribution is 7.09. The molecule has 0 spiro atoms. The van der Waals surface area contributed by atoms with Crippen LogP contribution in [-0.4, -0.2) is 35.6 Å². The van der Waals surface area contributed by atoms with Gasteiger partial charge in [-0.1, -0.05) is 6.92 Å². The summed E-state index contributed by atoms with van der Waals surface area (Å²) in [4.78, 5) is 7.08. The molecule has 1 aliphatic heterocycles. The Kier molecular flexibility index (Phi) is 4.54. The third kappa shape index (κ3) is 3.50. The topological polar surface area (TPSA) is 28.2 Å². The Hall–Kier alpha value is -0.450. The molecule has 1 atom stereocenters. The largest absolute Gasteiger partial charge is 0.306 e. The van der Waals surface area contributed by atoms with Gasteiger partial charge in [-0.3, -0.25) is 0 Å². The van der Waals surface area contributed by atoms with Crippen LogP contribution in [0.1, 0.15) is 43.4 Å². The van der Waals surface area contributed by atoms with E-state index in [9.17, 15) is 0 Å². The van der Waals surface area contributed by atoms with Crippen molar-refractivity contribution in [2.45, 2.75) is 45.7 Å². The van der Waals surface area contributed by atoms with Gasteiger partial charge in [0.2, 0.25) is 0 Å². The highest BCUT2D eigenvalue weighted by Crippen LogP contribution is 2.19. The smallest absolute Gasteiger partial charge is 0.0898 e. The van der Waals surface area contributed by atoms with Crippen LogP contribution in [0.15, 0.2) is 5.38 Å². The summed E-state index contributed by atoms with van der Waals surface area (Å²) < 4.78 is 0. The molecule has 96 valence electrons. The number of hydrogen-bond donors (Lipinski definition) is 1. The molecule has 0 aromatic carbocycles. The third-order valence-electron chi connectivity index (χ3n) is 3.60. The zero-order valence-corrected chi connectivity index (χ0v) is 11.9. The van der Waals surface area contributed by atoms with Crippen LogP contribution in [0.25, 0.3) is 0 Å². The monoisotopic (exact) mass is 253 g/mol. The van der Waals surface area contributed by atoms with Gasteiger partial charge in [0.1, 0.15) is 0 Å². The Balaban J connectivity index is 1.81. The molecule has 1 aromatic rings. The van der Waals surface area contributed by atoms with Gasteiger partial charge in [0.25, 0.3) is 0 Å². The first-order chi connectivity index (χ1) is 8.19. The van der Waals surface area contributed by atoms with E-state index in [1.807, 2.05) is 0 Å². The minimum Gasteiger partial charge on any atom is -0.306 e. The predicted octanol–water partition coefficient (Wildman–Crippen LogP) is 2.59. The fourth-order valence-corrected chi connectivity index (χ4v) is 3.14. The van der Waals surface area contributed by atoms with E-state index in [2.05, 4.69) is 41.4 Å². The zero-order chi connectivity index (χ0) is 12.3. The Bertz CT molecular complexity index is 342. The van der Waals surface area contributed by atoms with Crippen molar-refractivity contribution in [2.24, 2.45) is 0 Å². The van der Waals surface area contributed by atoms with E-state index >= 15 is 0 Å². The minimum atomic E-state index is 0.387. The molecule has 2 heterocycles. The molecule has 4 heteroatoms. The number of aromatic nitrogens is 1. The van der Waals surface area contributed by atoms with Crippen molar-refractivity contribution in [3.8, 4) is 0 Å². The normalized spacial score (nSPS) is 20.6. The molecule has 1 fully saturated rings. The van der Waals surface area contributed by atoms with Crippen molar-refractivity contribution in [1.29, 1.82) is 0 Å². The number of hydrogen-bond acceptors (Lipinski definition) is 4. The zero-order valence-electron chi connectivity index (χ0n) is 11.1. The lowest BCUT2D eigenvalue weighted by Gasteiger charge is -2.32. The number of nitrogens with one attached hydrogen (secondary N) is 1. The number of likely N-dealkylation sites (tertiary alicyclic amines) is 1. The van der Waals surface area contributed by atoms with E-state index in [1.165, 1.54) is 38.2 Å². The summed E-state index contributed by atoms with van der Waals surface area (Å²) in [6.45, 7) is 10.2. The fraction of sp³-hybridized carbons (Fsp3) is 0.769. The van der Waals surface area contributed by atoms with Gasteiger partial charge in [-0.05, 0) is 46.3 Å². The van der Waals surface area contributed by atoms with Gasteiger partial charge < -0.3 is 10.2 Å². The van der Waals surface area contributed by atoms with Crippen molar-refractivity contribution in [3.63, 3.8) is 0 Å². The molecular formula is C13H23N3S. The first-order valence-corrected chi connectivity index (χ1v) is 7.47. The van der Waals surface area contributed by atoms with E-state index in [0.29, 0.717) is 12.1 Å². The maximum atomic E-state index is 4.55. The molecule has 0 radical (unpaired) electrons. The molecule has 0 amide bonds. The average Bonchev–Trinajstić information content (AvgIpc) is 2.77. The molecule has 1 aromatic heterocycles. The van der Waals surface area contributed by atoms with Crippen molar-refractivity contribution < 1.29 is 0 Å². The number of rotatable bonds is 4. The molecule has 1 saturated heterocycles. The number of nitrogens with zero attached hydrogens (tertiary/aromatic N) is 2. The summed E-state index contributed by atoms with van der Waals surface area (Å²) in [6, 6.07) is 1.05. The molecule has 3 nitrogen and oxygen atoms in total. The van der Waals surface area contributed by atoms with Crippen LogP contribution in [0.2, 0.25) is 0 Å². The van der Waals surface area contributed by atoms with Gasteiger partial charge in [-0.2, -0.15) is 0 Å². The van der Waals surface area contributed by atoms with Gasteiger partial charge in [-0.15, -0.1) is 11.3 Å². The maximum absolute atomic E-state index is 4.55. The molecule has 1 unspecified atom stereocenters. The van der Waals surface area contributed by atoms with Crippen LogP contribution >= 0.6 is 11.3 Å². The van der Waals surface area contributed by atoms with Crippen LogP contribution in [0, 0.1) is 6.92 Å². The summed E-state index contributed by atoms with van der Waals surface area (Å²) in [5, 5.41) is 7.05. The quantitative estimate of drug-likeness (QED) is 0.894. The first kappa shape index (κ1) is 13.0. The van der Waals surface area contributed by atoms with Gasteiger partial charge in [0, 0.05) is 17.5 Å². The van der Waals surface area contributed by atoms with E-state index in [1.54, 1.807) is 11.3 Å². The Morgan fingerprint density at radius 1 is 1.53 bits per heavy atom. The van der Waals surface area contributed by atoms with Crippen LogP contribution in [0.3, 0.4) is 0 Å². The second-order valence-corrected chi connectivity index (χ2v) is 5.95. The lowest BCUT2D eigenvalue weighted by molar-refractivity contribution is 0.200. The van der Waals surface area contributed by atoms with Crippen molar-refractivity contribution in [3.05, 3.63) is 16.1 Å². The van der Waals surface area contributed by atoms with E-state index in [0.717, 1.165) is 5.01 Å². The highest BCUT2D eigenvalue weighted by Gasteiger charge is 2.20. The Labute approximate surface area is 108 Å². The molecule has 0 aliphatic carbocycles. The lowest BCUT2D eigenvalue weighted by Crippen LogP contribution is -2.43. The summed E-state index contributed by atoms with van der Waals surface area (Å²) in [7, 11) is 0.